The van der Waals surface area contributed by atoms with Crippen LogP contribution >= 0.6 is 11.6 Å². The summed E-state index contributed by atoms with van der Waals surface area (Å²) < 4.78 is 0. The summed E-state index contributed by atoms with van der Waals surface area (Å²) in [6, 6.07) is 9.06. The van der Waals surface area contributed by atoms with Crippen LogP contribution in [0.15, 0.2) is 30.3 Å². The Bertz CT molecular complexity index is 713. The molecule has 0 radical (unpaired) electrons. The first-order chi connectivity index (χ1) is 9.81. The highest BCUT2D eigenvalue weighted by Gasteiger charge is 2.26. The zero-order chi connectivity index (χ0) is 15.6. The maximum absolute atomic E-state index is 12.1. The number of nitrogens with zero attached hydrogens (tertiary/aromatic N) is 1. The molecule has 0 fully saturated rings. The fourth-order valence-corrected chi connectivity index (χ4v) is 2.01. The van der Waals surface area contributed by atoms with E-state index < -0.39 is 17.2 Å². The summed E-state index contributed by atoms with van der Waals surface area (Å²) in [5.41, 5.74) is 4.65. The summed E-state index contributed by atoms with van der Waals surface area (Å²) >= 11 is 6.08. The molecule has 1 aromatic heterocycles. The molecule has 2 amide bonds. The van der Waals surface area contributed by atoms with Gasteiger partial charge in [0.25, 0.3) is 5.91 Å². The van der Waals surface area contributed by atoms with E-state index in [1.165, 1.54) is 0 Å². The smallest absolute Gasteiger partial charge is 0.269 e. The molecule has 0 atom stereocenters. The van der Waals surface area contributed by atoms with Crippen LogP contribution in [-0.2, 0) is 4.79 Å². The van der Waals surface area contributed by atoms with Crippen LogP contribution in [0.2, 0.25) is 5.15 Å². The fourth-order valence-electron chi connectivity index (χ4n) is 1.75. The largest absolute Gasteiger partial charge is 0.369 e. The Kier molecular flexibility index (Phi) is 4.14. The number of carbonyl (C=O) groups excluding carboxylic acids is 2. The molecule has 2 rings (SSSR count). The molecule has 110 valence electrons. The number of rotatable bonds is 4. The van der Waals surface area contributed by atoms with Gasteiger partial charge in [-0.3, -0.25) is 9.59 Å². The van der Waals surface area contributed by atoms with Crippen LogP contribution < -0.4 is 11.1 Å². The normalized spacial score (nSPS) is 11.4. The minimum atomic E-state index is -0.823. The number of benzene rings is 1. The molecule has 0 bridgehead atoms. The van der Waals surface area contributed by atoms with E-state index in [4.69, 9.17) is 17.3 Å². The number of nitrogens with one attached hydrogen (secondary N) is 1. The topological polar surface area (TPSA) is 85.1 Å². The van der Waals surface area contributed by atoms with Gasteiger partial charge in [-0.1, -0.05) is 35.9 Å². The average molecular weight is 306 g/mol. The van der Waals surface area contributed by atoms with Crippen molar-refractivity contribution in [3.05, 3.63) is 41.2 Å². The van der Waals surface area contributed by atoms with E-state index in [1.54, 1.807) is 19.9 Å². The van der Waals surface area contributed by atoms with Crippen molar-refractivity contribution in [2.45, 2.75) is 13.8 Å². The Morgan fingerprint density at radius 2 is 2.00 bits per heavy atom. The van der Waals surface area contributed by atoms with Crippen molar-refractivity contribution in [3.63, 3.8) is 0 Å². The number of carbonyl (C=O) groups is 2. The SMILES string of the molecule is CC(C)(CNC(=O)c1cc2ccccc2c(Cl)n1)C(N)=O. The molecule has 0 aliphatic carbocycles. The molecule has 1 aromatic carbocycles. The van der Waals surface area contributed by atoms with Crippen molar-refractivity contribution in [1.29, 1.82) is 0 Å². The average Bonchev–Trinajstić information content (AvgIpc) is 2.44. The third-order valence-electron chi connectivity index (χ3n) is 3.28. The number of amides is 2. The Balaban J connectivity index is 2.22. The molecule has 0 spiro atoms. The minimum Gasteiger partial charge on any atom is -0.369 e. The second-order valence-electron chi connectivity index (χ2n) is 5.45. The van der Waals surface area contributed by atoms with Gasteiger partial charge in [0.1, 0.15) is 10.8 Å². The fraction of sp³-hybridized carbons (Fsp3) is 0.267. The number of pyridine rings is 1. The number of hydrogen-bond acceptors (Lipinski definition) is 3. The first-order valence-corrected chi connectivity index (χ1v) is 6.82. The second-order valence-corrected chi connectivity index (χ2v) is 5.81. The third-order valence-corrected chi connectivity index (χ3v) is 3.57. The molecule has 0 aliphatic rings. The standard InChI is InChI=1S/C15H16ClN3O2/c1-15(2,14(17)21)8-18-13(20)11-7-9-5-3-4-6-10(9)12(16)19-11/h3-7H,8H2,1-2H3,(H2,17,21)(H,18,20). The van der Waals surface area contributed by atoms with Crippen LogP contribution in [-0.4, -0.2) is 23.3 Å². The minimum absolute atomic E-state index is 0.132. The van der Waals surface area contributed by atoms with Gasteiger partial charge >= 0.3 is 0 Å². The van der Waals surface area contributed by atoms with E-state index in [1.807, 2.05) is 24.3 Å². The number of primary amides is 1. The lowest BCUT2D eigenvalue weighted by Gasteiger charge is -2.20. The van der Waals surface area contributed by atoms with Crippen molar-refractivity contribution < 1.29 is 9.59 Å². The van der Waals surface area contributed by atoms with Crippen molar-refractivity contribution in [2.24, 2.45) is 11.1 Å². The van der Waals surface area contributed by atoms with Crippen LogP contribution in [0.4, 0.5) is 0 Å². The molecular weight excluding hydrogens is 290 g/mol. The Morgan fingerprint density at radius 3 is 2.67 bits per heavy atom. The zero-order valence-corrected chi connectivity index (χ0v) is 12.6. The summed E-state index contributed by atoms with van der Waals surface area (Å²) in [5, 5.41) is 4.54. The lowest BCUT2D eigenvalue weighted by Crippen LogP contribution is -2.42. The third kappa shape index (κ3) is 3.31. The summed E-state index contributed by atoms with van der Waals surface area (Å²) in [6.07, 6.45) is 0. The van der Waals surface area contributed by atoms with Crippen molar-refractivity contribution in [1.82, 2.24) is 10.3 Å². The Morgan fingerprint density at radius 1 is 1.33 bits per heavy atom. The van der Waals surface area contributed by atoms with Crippen LogP contribution in [0, 0.1) is 5.41 Å². The first-order valence-electron chi connectivity index (χ1n) is 6.44. The van der Waals surface area contributed by atoms with Crippen LogP contribution in [0.1, 0.15) is 24.3 Å². The van der Waals surface area contributed by atoms with Crippen molar-refractivity contribution in [2.75, 3.05) is 6.54 Å². The zero-order valence-electron chi connectivity index (χ0n) is 11.8. The highest BCUT2D eigenvalue weighted by Crippen LogP contribution is 2.22. The molecule has 2 aromatic rings. The van der Waals surface area contributed by atoms with E-state index in [9.17, 15) is 9.59 Å². The van der Waals surface area contributed by atoms with Gasteiger partial charge in [0.05, 0.1) is 5.41 Å². The highest BCUT2D eigenvalue weighted by molar-refractivity contribution is 6.34. The second kappa shape index (κ2) is 5.69. The lowest BCUT2D eigenvalue weighted by molar-refractivity contribution is -0.125. The van der Waals surface area contributed by atoms with Gasteiger partial charge in [-0.05, 0) is 25.3 Å². The number of hydrogen-bond donors (Lipinski definition) is 2. The van der Waals surface area contributed by atoms with E-state index in [2.05, 4.69) is 10.3 Å². The number of fused-ring (bicyclic) bond motifs is 1. The molecular formula is C15H16ClN3O2. The van der Waals surface area contributed by atoms with Crippen LogP contribution in [0.25, 0.3) is 10.8 Å². The molecule has 1 heterocycles. The number of halogens is 1. The van der Waals surface area contributed by atoms with Crippen LogP contribution in [0.5, 0.6) is 0 Å². The molecule has 5 nitrogen and oxygen atoms in total. The quantitative estimate of drug-likeness (QED) is 0.849. The molecule has 3 N–H and O–H groups in total. The molecule has 0 saturated carbocycles. The lowest BCUT2D eigenvalue weighted by atomic mass is 9.93. The summed E-state index contributed by atoms with van der Waals surface area (Å²) in [4.78, 5) is 27.4. The van der Waals surface area contributed by atoms with E-state index >= 15 is 0 Å². The van der Waals surface area contributed by atoms with Crippen molar-refractivity contribution >= 4 is 34.2 Å². The first kappa shape index (κ1) is 15.3. The van der Waals surface area contributed by atoms with Gasteiger partial charge in [0.15, 0.2) is 0 Å². The summed E-state index contributed by atoms with van der Waals surface area (Å²) in [7, 11) is 0. The molecule has 6 heteroatoms. The Hall–Kier alpha value is -2.14. The number of aromatic nitrogens is 1. The molecule has 0 aliphatic heterocycles. The summed E-state index contributed by atoms with van der Waals surface area (Å²) in [5.74, 6) is -0.871. The predicted octanol–water partition coefficient (Wildman–Crippen LogP) is 2.13. The monoisotopic (exact) mass is 305 g/mol. The number of nitrogens with two attached hydrogens (primary N) is 1. The van der Waals surface area contributed by atoms with Crippen LogP contribution in [0.3, 0.4) is 0 Å². The molecule has 0 unspecified atom stereocenters. The van der Waals surface area contributed by atoms with Gasteiger partial charge in [-0.15, -0.1) is 0 Å². The molecule has 0 saturated heterocycles. The maximum atomic E-state index is 12.1. The maximum Gasteiger partial charge on any atom is 0.269 e. The van der Waals surface area contributed by atoms with Gasteiger partial charge in [-0.25, -0.2) is 4.98 Å². The molecule has 21 heavy (non-hydrogen) atoms. The summed E-state index contributed by atoms with van der Waals surface area (Å²) in [6.45, 7) is 3.46. The van der Waals surface area contributed by atoms with Gasteiger partial charge in [0, 0.05) is 11.9 Å². The van der Waals surface area contributed by atoms with E-state index in [0.717, 1.165) is 10.8 Å². The Labute approximate surface area is 127 Å². The van der Waals surface area contributed by atoms with Gasteiger partial charge in [-0.2, -0.15) is 0 Å². The van der Waals surface area contributed by atoms with E-state index in [0.29, 0.717) is 0 Å². The van der Waals surface area contributed by atoms with Gasteiger partial charge < -0.3 is 11.1 Å². The van der Waals surface area contributed by atoms with Gasteiger partial charge in [0.2, 0.25) is 5.91 Å². The highest BCUT2D eigenvalue weighted by atomic mass is 35.5. The van der Waals surface area contributed by atoms with Crippen molar-refractivity contribution in [3.8, 4) is 0 Å². The predicted molar refractivity (Wildman–Crippen MR) is 82.1 cm³/mol. The van der Waals surface area contributed by atoms with E-state index in [-0.39, 0.29) is 17.4 Å².